The number of benzene rings is 1. The number of rotatable bonds is 4. The van der Waals surface area contributed by atoms with E-state index in [9.17, 15) is 0 Å². The maximum absolute atomic E-state index is 4.29. The minimum atomic E-state index is 0.159. The van der Waals surface area contributed by atoms with Gasteiger partial charge in [0.1, 0.15) is 5.82 Å². The van der Waals surface area contributed by atoms with Crippen molar-refractivity contribution in [3.05, 3.63) is 54.1 Å². The molecular weight excluding hydrogens is 186 g/mol. The number of aromatic amines is 1. The van der Waals surface area contributed by atoms with Crippen LogP contribution in [0.25, 0.3) is 0 Å². The van der Waals surface area contributed by atoms with Gasteiger partial charge < -0.3 is 10.3 Å². The Labute approximate surface area is 89.6 Å². The van der Waals surface area contributed by atoms with E-state index in [1.165, 1.54) is 5.56 Å². The number of nitrogens with zero attached hydrogens (tertiary/aromatic N) is 1. The first-order chi connectivity index (χ1) is 7.42. The number of hydrogen-bond acceptors (Lipinski definition) is 2. The SMILES string of the molecule is CCNC(c1ccccc1)c1ncc[nH]1. The molecule has 0 saturated carbocycles. The molecule has 1 heterocycles. The van der Waals surface area contributed by atoms with Gasteiger partial charge >= 0.3 is 0 Å². The largest absolute Gasteiger partial charge is 0.347 e. The van der Waals surface area contributed by atoms with Crippen LogP contribution in [0.3, 0.4) is 0 Å². The molecular formula is C12H15N3. The van der Waals surface area contributed by atoms with E-state index in [0.717, 1.165) is 12.4 Å². The number of H-pyrrole nitrogens is 1. The first-order valence-electron chi connectivity index (χ1n) is 5.19. The molecule has 0 amide bonds. The average Bonchev–Trinajstić information content (AvgIpc) is 2.80. The van der Waals surface area contributed by atoms with Crippen LogP contribution in [0, 0.1) is 0 Å². The second-order valence-electron chi connectivity index (χ2n) is 3.38. The van der Waals surface area contributed by atoms with Crippen LogP contribution in [0.2, 0.25) is 0 Å². The summed E-state index contributed by atoms with van der Waals surface area (Å²) in [5.74, 6) is 0.961. The first kappa shape index (κ1) is 9.93. The third-order valence-electron chi connectivity index (χ3n) is 2.33. The summed E-state index contributed by atoms with van der Waals surface area (Å²) in [6, 6.07) is 10.5. The zero-order valence-electron chi connectivity index (χ0n) is 8.77. The molecule has 0 aliphatic heterocycles. The van der Waals surface area contributed by atoms with Gasteiger partial charge in [-0.3, -0.25) is 0 Å². The second kappa shape index (κ2) is 4.75. The van der Waals surface area contributed by atoms with Gasteiger partial charge in [0.15, 0.2) is 0 Å². The predicted molar refractivity (Wildman–Crippen MR) is 60.5 cm³/mol. The van der Waals surface area contributed by atoms with Gasteiger partial charge in [0, 0.05) is 12.4 Å². The Kier molecular flexibility index (Phi) is 3.15. The van der Waals surface area contributed by atoms with Gasteiger partial charge in [0.25, 0.3) is 0 Å². The monoisotopic (exact) mass is 201 g/mol. The highest BCUT2D eigenvalue weighted by atomic mass is 15.0. The molecule has 0 aliphatic rings. The molecule has 1 aromatic heterocycles. The molecule has 0 spiro atoms. The molecule has 1 atom stereocenters. The molecule has 78 valence electrons. The summed E-state index contributed by atoms with van der Waals surface area (Å²) in [4.78, 5) is 7.44. The molecule has 1 aromatic carbocycles. The van der Waals surface area contributed by atoms with Gasteiger partial charge in [0.05, 0.1) is 6.04 Å². The Morgan fingerprint density at radius 1 is 1.33 bits per heavy atom. The molecule has 1 unspecified atom stereocenters. The Morgan fingerprint density at radius 3 is 2.73 bits per heavy atom. The van der Waals surface area contributed by atoms with E-state index >= 15 is 0 Å². The van der Waals surface area contributed by atoms with Crippen LogP contribution in [0.5, 0.6) is 0 Å². The minimum absolute atomic E-state index is 0.159. The summed E-state index contributed by atoms with van der Waals surface area (Å²) < 4.78 is 0. The molecule has 0 fully saturated rings. The molecule has 0 radical (unpaired) electrons. The molecule has 3 heteroatoms. The normalized spacial score (nSPS) is 12.6. The molecule has 0 saturated heterocycles. The van der Waals surface area contributed by atoms with Crippen LogP contribution in [0.1, 0.15) is 24.4 Å². The lowest BCUT2D eigenvalue weighted by Crippen LogP contribution is -2.22. The molecule has 2 N–H and O–H groups in total. The summed E-state index contributed by atoms with van der Waals surface area (Å²) in [6.45, 7) is 3.01. The van der Waals surface area contributed by atoms with Crippen molar-refractivity contribution in [1.82, 2.24) is 15.3 Å². The van der Waals surface area contributed by atoms with Crippen molar-refractivity contribution in [2.75, 3.05) is 6.54 Å². The van der Waals surface area contributed by atoms with E-state index in [2.05, 4.69) is 34.3 Å². The summed E-state index contributed by atoms with van der Waals surface area (Å²) >= 11 is 0. The lowest BCUT2D eigenvalue weighted by Gasteiger charge is -2.15. The number of hydrogen-bond donors (Lipinski definition) is 2. The zero-order chi connectivity index (χ0) is 10.5. The van der Waals surface area contributed by atoms with Gasteiger partial charge in [0.2, 0.25) is 0 Å². The van der Waals surface area contributed by atoms with Crippen LogP contribution in [-0.2, 0) is 0 Å². The Morgan fingerprint density at radius 2 is 2.13 bits per heavy atom. The smallest absolute Gasteiger partial charge is 0.127 e. The van der Waals surface area contributed by atoms with E-state index in [0.29, 0.717) is 0 Å². The van der Waals surface area contributed by atoms with Gasteiger partial charge in [-0.2, -0.15) is 0 Å². The Balaban J connectivity index is 2.28. The van der Waals surface area contributed by atoms with Crippen LogP contribution < -0.4 is 5.32 Å². The first-order valence-corrected chi connectivity index (χ1v) is 5.19. The van der Waals surface area contributed by atoms with Crippen molar-refractivity contribution < 1.29 is 0 Å². The quantitative estimate of drug-likeness (QED) is 0.795. The fourth-order valence-corrected chi connectivity index (χ4v) is 1.66. The number of nitrogens with one attached hydrogen (secondary N) is 2. The molecule has 3 nitrogen and oxygen atoms in total. The van der Waals surface area contributed by atoms with Gasteiger partial charge in [-0.15, -0.1) is 0 Å². The predicted octanol–water partition coefficient (Wildman–Crippen LogP) is 2.11. The third-order valence-corrected chi connectivity index (χ3v) is 2.33. The molecule has 0 aliphatic carbocycles. The molecule has 0 bridgehead atoms. The number of aromatic nitrogens is 2. The van der Waals surface area contributed by atoms with Crippen molar-refractivity contribution in [2.24, 2.45) is 0 Å². The maximum atomic E-state index is 4.29. The van der Waals surface area contributed by atoms with E-state index in [-0.39, 0.29) is 6.04 Å². The van der Waals surface area contributed by atoms with Gasteiger partial charge in [-0.1, -0.05) is 37.3 Å². The fraction of sp³-hybridized carbons (Fsp3) is 0.250. The van der Waals surface area contributed by atoms with E-state index in [1.54, 1.807) is 6.20 Å². The summed E-state index contributed by atoms with van der Waals surface area (Å²) in [6.07, 6.45) is 3.63. The van der Waals surface area contributed by atoms with E-state index < -0.39 is 0 Å². The van der Waals surface area contributed by atoms with Crippen LogP contribution >= 0.6 is 0 Å². The van der Waals surface area contributed by atoms with Crippen molar-refractivity contribution in [1.29, 1.82) is 0 Å². The van der Waals surface area contributed by atoms with Crippen LogP contribution in [0.4, 0.5) is 0 Å². The van der Waals surface area contributed by atoms with Crippen molar-refractivity contribution in [3.63, 3.8) is 0 Å². The second-order valence-corrected chi connectivity index (χ2v) is 3.38. The summed E-state index contributed by atoms with van der Waals surface area (Å²) in [7, 11) is 0. The highest BCUT2D eigenvalue weighted by molar-refractivity contribution is 5.24. The van der Waals surface area contributed by atoms with E-state index in [4.69, 9.17) is 0 Å². The van der Waals surface area contributed by atoms with Crippen molar-refractivity contribution >= 4 is 0 Å². The van der Waals surface area contributed by atoms with E-state index in [1.807, 2.05) is 24.4 Å². The maximum Gasteiger partial charge on any atom is 0.127 e. The average molecular weight is 201 g/mol. The molecule has 2 rings (SSSR count). The summed E-state index contributed by atoms with van der Waals surface area (Å²) in [5.41, 5.74) is 1.23. The van der Waals surface area contributed by atoms with Crippen molar-refractivity contribution in [2.45, 2.75) is 13.0 Å². The molecule has 2 aromatic rings. The summed E-state index contributed by atoms with van der Waals surface area (Å²) in [5, 5.41) is 3.41. The Bertz CT molecular complexity index is 381. The lowest BCUT2D eigenvalue weighted by molar-refractivity contribution is 0.603. The highest BCUT2D eigenvalue weighted by Gasteiger charge is 2.13. The van der Waals surface area contributed by atoms with Crippen molar-refractivity contribution in [3.8, 4) is 0 Å². The highest BCUT2D eigenvalue weighted by Crippen LogP contribution is 2.17. The van der Waals surface area contributed by atoms with Crippen LogP contribution in [-0.4, -0.2) is 16.5 Å². The molecule has 15 heavy (non-hydrogen) atoms. The van der Waals surface area contributed by atoms with Gasteiger partial charge in [-0.25, -0.2) is 4.98 Å². The standard InChI is InChI=1S/C12H15N3/c1-2-13-11(12-14-8-9-15-12)10-6-4-3-5-7-10/h3-9,11,13H,2H2,1H3,(H,14,15). The number of imidazole rings is 1. The van der Waals surface area contributed by atoms with Gasteiger partial charge in [-0.05, 0) is 12.1 Å². The Hall–Kier alpha value is -1.61. The fourth-order valence-electron chi connectivity index (χ4n) is 1.66. The third kappa shape index (κ3) is 2.25. The van der Waals surface area contributed by atoms with Crippen LogP contribution in [0.15, 0.2) is 42.7 Å². The minimum Gasteiger partial charge on any atom is -0.347 e. The zero-order valence-corrected chi connectivity index (χ0v) is 8.77. The lowest BCUT2D eigenvalue weighted by atomic mass is 10.1. The topological polar surface area (TPSA) is 40.7 Å².